The molecule has 2 aliphatic heterocycles. The Bertz CT molecular complexity index is 183. The van der Waals surface area contributed by atoms with Gasteiger partial charge >= 0.3 is 0 Å². The van der Waals surface area contributed by atoms with Crippen LogP contribution in [0.1, 0.15) is 6.42 Å². The topological polar surface area (TPSA) is 32.5 Å². The van der Waals surface area contributed by atoms with E-state index in [1.165, 1.54) is 26.1 Å². The van der Waals surface area contributed by atoms with Gasteiger partial charge < -0.3 is 15.5 Å². The van der Waals surface area contributed by atoms with Crippen molar-refractivity contribution in [1.29, 1.82) is 0 Å². The summed E-state index contributed by atoms with van der Waals surface area (Å²) in [5.41, 5.74) is 5.80. The molecular weight excluding hydrogens is 162 g/mol. The minimum absolute atomic E-state index is 0.753. The summed E-state index contributed by atoms with van der Waals surface area (Å²) in [6.45, 7) is 4.57. The first kappa shape index (κ1) is 9.44. The van der Waals surface area contributed by atoms with Gasteiger partial charge in [-0.15, -0.1) is 0 Å². The Hall–Kier alpha value is -0.120. The van der Waals surface area contributed by atoms with Crippen LogP contribution < -0.4 is 5.73 Å². The molecular formula is C10H21N3. The molecule has 3 nitrogen and oxygen atoms in total. The van der Waals surface area contributed by atoms with Crippen molar-refractivity contribution in [2.75, 3.05) is 40.3 Å². The number of piperidine rings is 1. The molecule has 76 valence electrons. The summed E-state index contributed by atoms with van der Waals surface area (Å²) in [7, 11) is 4.46. The normalized spacial score (nSPS) is 42.2. The van der Waals surface area contributed by atoms with Crippen LogP contribution in [-0.2, 0) is 0 Å². The second kappa shape index (κ2) is 3.56. The van der Waals surface area contributed by atoms with E-state index in [1.54, 1.807) is 0 Å². The molecule has 0 aromatic carbocycles. The Morgan fingerprint density at radius 1 is 1.31 bits per heavy atom. The molecule has 0 aromatic rings. The maximum absolute atomic E-state index is 5.80. The molecule has 2 fully saturated rings. The number of hydrogen-bond donors (Lipinski definition) is 1. The van der Waals surface area contributed by atoms with Gasteiger partial charge in [-0.3, -0.25) is 0 Å². The van der Waals surface area contributed by atoms with Gasteiger partial charge in [-0.1, -0.05) is 0 Å². The third-order valence-electron chi connectivity index (χ3n) is 3.83. The van der Waals surface area contributed by atoms with Gasteiger partial charge in [0.2, 0.25) is 0 Å². The van der Waals surface area contributed by atoms with E-state index in [-0.39, 0.29) is 0 Å². The molecule has 2 N–H and O–H groups in total. The Kier molecular flexibility index (Phi) is 2.58. The zero-order chi connectivity index (χ0) is 9.42. The van der Waals surface area contributed by atoms with Crippen LogP contribution in [-0.4, -0.2) is 56.1 Å². The highest BCUT2D eigenvalue weighted by Gasteiger charge is 2.41. The van der Waals surface area contributed by atoms with Crippen LogP contribution in [0.3, 0.4) is 0 Å². The number of likely N-dealkylation sites (N-methyl/N-ethyl adjacent to an activating group) is 2. The van der Waals surface area contributed by atoms with E-state index in [0.717, 1.165) is 24.4 Å². The molecule has 0 aromatic heterocycles. The van der Waals surface area contributed by atoms with Crippen LogP contribution in [0.2, 0.25) is 0 Å². The lowest BCUT2D eigenvalue weighted by atomic mass is 9.85. The molecule has 2 aliphatic rings. The molecule has 2 rings (SSSR count). The third kappa shape index (κ3) is 1.60. The van der Waals surface area contributed by atoms with E-state index in [1.807, 2.05) is 0 Å². The van der Waals surface area contributed by atoms with Crippen molar-refractivity contribution >= 4 is 0 Å². The second-order valence-corrected chi connectivity index (χ2v) is 4.72. The van der Waals surface area contributed by atoms with Crippen LogP contribution in [0.25, 0.3) is 0 Å². The fraction of sp³-hybridized carbons (Fsp3) is 1.00. The van der Waals surface area contributed by atoms with Crippen LogP contribution in [0, 0.1) is 11.8 Å². The lowest BCUT2D eigenvalue weighted by molar-refractivity contribution is 0.133. The van der Waals surface area contributed by atoms with E-state index in [4.69, 9.17) is 5.73 Å². The molecule has 0 bridgehead atoms. The molecule has 3 heteroatoms. The third-order valence-corrected chi connectivity index (χ3v) is 3.83. The van der Waals surface area contributed by atoms with Gasteiger partial charge in [0, 0.05) is 19.1 Å². The van der Waals surface area contributed by atoms with Crippen LogP contribution in [0.15, 0.2) is 0 Å². The maximum Gasteiger partial charge on any atom is 0.0252 e. The van der Waals surface area contributed by atoms with Crippen molar-refractivity contribution < 1.29 is 0 Å². The van der Waals surface area contributed by atoms with E-state index in [0.29, 0.717) is 0 Å². The highest BCUT2D eigenvalue weighted by molar-refractivity contribution is 4.96. The average molecular weight is 183 g/mol. The van der Waals surface area contributed by atoms with Gasteiger partial charge in [-0.05, 0) is 45.4 Å². The van der Waals surface area contributed by atoms with Crippen molar-refractivity contribution in [2.24, 2.45) is 17.6 Å². The first-order valence-electron chi connectivity index (χ1n) is 5.31. The fourth-order valence-corrected chi connectivity index (χ4v) is 3.01. The molecule has 0 saturated carbocycles. The summed E-state index contributed by atoms with van der Waals surface area (Å²) in [5, 5.41) is 0. The van der Waals surface area contributed by atoms with Gasteiger partial charge in [0.15, 0.2) is 0 Å². The summed E-state index contributed by atoms with van der Waals surface area (Å²) >= 11 is 0. The summed E-state index contributed by atoms with van der Waals surface area (Å²) in [4.78, 5) is 4.94. The number of fused-ring (bicyclic) bond motifs is 1. The SMILES string of the molecule is CN1CCC2C(CN)CN(C)C2C1. The molecule has 13 heavy (non-hydrogen) atoms. The maximum atomic E-state index is 5.80. The number of nitrogens with two attached hydrogens (primary N) is 1. The largest absolute Gasteiger partial charge is 0.330 e. The number of nitrogens with zero attached hydrogens (tertiary/aromatic N) is 2. The molecule has 0 aliphatic carbocycles. The van der Waals surface area contributed by atoms with Crippen molar-refractivity contribution in [2.45, 2.75) is 12.5 Å². The van der Waals surface area contributed by atoms with E-state index in [2.05, 4.69) is 23.9 Å². The minimum Gasteiger partial charge on any atom is -0.330 e. The Morgan fingerprint density at radius 3 is 2.77 bits per heavy atom. The quantitative estimate of drug-likeness (QED) is 0.612. The first-order chi connectivity index (χ1) is 6.22. The number of hydrogen-bond acceptors (Lipinski definition) is 3. The Morgan fingerprint density at radius 2 is 2.08 bits per heavy atom. The highest BCUT2D eigenvalue weighted by atomic mass is 15.2. The van der Waals surface area contributed by atoms with Gasteiger partial charge in [0.05, 0.1) is 0 Å². The zero-order valence-corrected chi connectivity index (χ0v) is 8.74. The molecule has 2 saturated heterocycles. The molecule has 3 unspecified atom stereocenters. The smallest absolute Gasteiger partial charge is 0.0252 e. The average Bonchev–Trinajstić information content (AvgIpc) is 2.43. The van der Waals surface area contributed by atoms with Crippen molar-refractivity contribution in [3.05, 3.63) is 0 Å². The molecule has 0 radical (unpaired) electrons. The zero-order valence-electron chi connectivity index (χ0n) is 8.74. The minimum atomic E-state index is 0.753. The van der Waals surface area contributed by atoms with Gasteiger partial charge in [-0.25, -0.2) is 0 Å². The summed E-state index contributed by atoms with van der Waals surface area (Å²) in [6, 6.07) is 0.771. The monoisotopic (exact) mass is 183 g/mol. The lowest BCUT2D eigenvalue weighted by Gasteiger charge is -2.36. The fourth-order valence-electron chi connectivity index (χ4n) is 3.01. The predicted octanol–water partition coefficient (Wildman–Crippen LogP) is -0.173. The van der Waals surface area contributed by atoms with Gasteiger partial charge in [0.25, 0.3) is 0 Å². The van der Waals surface area contributed by atoms with Crippen molar-refractivity contribution in [3.63, 3.8) is 0 Å². The van der Waals surface area contributed by atoms with E-state index >= 15 is 0 Å². The van der Waals surface area contributed by atoms with Gasteiger partial charge in [-0.2, -0.15) is 0 Å². The predicted molar refractivity (Wildman–Crippen MR) is 54.6 cm³/mol. The second-order valence-electron chi connectivity index (χ2n) is 4.72. The molecule has 0 amide bonds. The lowest BCUT2D eigenvalue weighted by Crippen LogP contribution is -2.46. The number of likely N-dealkylation sites (tertiary alicyclic amines) is 2. The first-order valence-corrected chi connectivity index (χ1v) is 5.31. The summed E-state index contributed by atoms with van der Waals surface area (Å²) in [5.74, 6) is 1.62. The standard InChI is InChI=1S/C10H21N3/c1-12-4-3-9-8(5-11)6-13(2)10(9)7-12/h8-10H,3-7,11H2,1-2H3. The summed E-state index contributed by atoms with van der Waals surface area (Å²) < 4.78 is 0. The Labute approximate surface area is 80.9 Å². The highest BCUT2D eigenvalue weighted by Crippen LogP contribution is 2.33. The molecule has 2 heterocycles. The van der Waals surface area contributed by atoms with Crippen molar-refractivity contribution in [1.82, 2.24) is 9.80 Å². The van der Waals surface area contributed by atoms with Gasteiger partial charge in [0.1, 0.15) is 0 Å². The van der Waals surface area contributed by atoms with Crippen LogP contribution in [0.4, 0.5) is 0 Å². The van der Waals surface area contributed by atoms with Crippen molar-refractivity contribution in [3.8, 4) is 0 Å². The van der Waals surface area contributed by atoms with Crippen LogP contribution >= 0.6 is 0 Å². The van der Waals surface area contributed by atoms with Crippen LogP contribution in [0.5, 0.6) is 0 Å². The molecule has 0 spiro atoms. The molecule has 3 atom stereocenters. The number of rotatable bonds is 1. The Balaban J connectivity index is 2.05. The summed E-state index contributed by atoms with van der Waals surface area (Å²) in [6.07, 6.45) is 1.34. The van der Waals surface area contributed by atoms with E-state index in [9.17, 15) is 0 Å². The van der Waals surface area contributed by atoms with E-state index < -0.39 is 0 Å².